The molecule has 2 aromatic heterocycles. The third-order valence-electron chi connectivity index (χ3n) is 3.91. The molecule has 0 fully saturated rings. The van der Waals surface area contributed by atoms with E-state index >= 15 is 0 Å². The van der Waals surface area contributed by atoms with Crippen LogP contribution in [0.2, 0.25) is 5.15 Å². The summed E-state index contributed by atoms with van der Waals surface area (Å²) in [6, 6.07) is 2.50. The fraction of sp³-hybridized carbons (Fsp3) is 0.600. The minimum Gasteiger partial charge on any atom is -0.308 e. The smallest absolute Gasteiger partial charge is 0.131 e. The summed E-state index contributed by atoms with van der Waals surface area (Å²) < 4.78 is 3.71. The van der Waals surface area contributed by atoms with Crippen LogP contribution in [0.4, 0.5) is 0 Å². The van der Waals surface area contributed by atoms with Crippen LogP contribution < -0.4 is 5.32 Å². The first-order chi connectivity index (χ1) is 9.91. The summed E-state index contributed by atoms with van der Waals surface area (Å²) in [5.74, 6) is 0.361. The van der Waals surface area contributed by atoms with Crippen LogP contribution in [0.5, 0.6) is 0 Å². The van der Waals surface area contributed by atoms with E-state index in [0.717, 1.165) is 11.3 Å². The van der Waals surface area contributed by atoms with Gasteiger partial charge in [-0.3, -0.25) is 9.36 Å². The first-order valence-electron chi connectivity index (χ1n) is 7.35. The number of rotatable bonds is 6. The first-order valence-corrected chi connectivity index (χ1v) is 7.73. The summed E-state index contributed by atoms with van der Waals surface area (Å²) in [5.41, 5.74) is 2.16. The largest absolute Gasteiger partial charge is 0.308 e. The number of nitrogens with one attached hydrogen (secondary N) is 1. The molecule has 0 amide bonds. The van der Waals surface area contributed by atoms with Gasteiger partial charge >= 0.3 is 0 Å². The Morgan fingerprint density at radius 1 is 1.29 bits per heavy atom. The van der Waals surface area contributed by atoms with Crippen LogP contribution in [0.3, 0.4) is 0 Å². The van der Waals surface area contributed by atoms with Crippen molar-refractivity contribution in [2.45, 2.75) is 52.2 Å². The zero-order valence-electron chi connectivity index (χ0n) is 13.3. The topological polar surface area (TPSA) is 47.7 Å². The molecule has 116 valence electrons. The van der Waals surface area contributed by atoms with E-state index in [0.29, 0.717) is 17.6 Å². The monoisotopic (exact) mass is 309 g/mol. The van der Waals surface area contributed by atoms with Crippen molar-refractivity contribution in [2.24, 2.45) is 7.05 Å². The standard InChI is InChI=1S/C15H24ClN5/c1-10(2)14-13(15(16)20(5)19-14)9-17-11(3)12(4)21-8-6-7-18-21/h6-8,10-12,17H,9H2,1-5H3/t11-,12-/m0/s1. The number of aryl methyl sites for hydroxylation is 1. The maximum Gasteiger partial charge on any atom is 0.131 e. The molecule has 2 atom stereocenters. The molecule has 2 aromatic rings. The Hall–Kier alpha value is -1.33. The molecule has 1 N–H and O–H groups in total. The molecule has 5 nitrogen and oxygen atoms in total. The number of halogens is 1. The number of hydrogen-bond donors (Lipinski definition) is 1. The van der Waals surface area contributed by atoms with E-state index in [1.807, 2.05) is 24.0 Å². The van der Waals surface area contributed by atoms with E-state index in [4.69, 9.17) is 11.6 Å². The second kappa shape index (κ2) is 6.62. The van der Waals surface area contributed by atoms with Gasteiger partial charge < -0.3 is 5.32 Å². The number of nitrogens with zero attached hydrogens (tertiary/aromatic N) is 4. The fourth-order valence-corrected chi connectivity index (χ4v) is 2.58. The molecule has 21 heavy (non-hydrogen) atoms. The highest BCUT2D eigenvalue weighted by Crippen LogP contribution is 2.25. The second-order valence-corrected chi connectivity index (χ2v) is 6.19. The summed E-state index contributed by atoms with van der Waals surface area (Å²) in [4.78, 5) is 0. The maximum absolute atomic E-state index is 6.36. The number of aromatic nitrogens is 4. The Labute approximate surface area is 131 Å². The lowest BCUT2D eigenvalue weighted by Gasteiger charge is -2.22. The average Bonchev–Trinajstić information content (AvgIpc) is 3.06. The lowest BCUT2D eigenvalue weighted by Crippen LogP contribution is -2.33. The van der Waals surface area contributed by atoms with E-state index < -0.39 is 0 Å². The summed E-state index contributed by atoms with van der Waals surface area (Å²) in [6.45, 7) is 9.30. The Kier molecular flexibility index (Phi) is 5.06. The molecule has 0 aliphatic rings. The molecule has 0 radical (unpaired) electrons. The Bertz CT molecular complexity index is 573. The second-order valence-electron chi connectivity index (χ2n) is 5.83. The lowest BCUT2D eigenvalue weighted by molar-refractivity contribution is 0.364. The van der Waals surface area contributed by atoms with Gasteiger partial charge in [0.2, 0.25) is 0 Å². The molecule has 0 saturated heterocycles. The van der Waals surface area contributed by atoms with Crippen LogP contribution in [0.15, 0.2) is 18.5 Å². The Morgan fingerprint density at radius 2 is 2.00 bits per heavy atom. The molecule has 2 heterocycles. The molecule has 6 heteroatoms. The van der Waals surface area contributed by atoms with Crippen molar-refractivity contribution in [1.82, 2.24) is 24.9 Å². The van der Waals surface area contributed by atoms with E-state index in [1.165, 1.54) is 0 Å². The van der Waals surface area contributed by atoms with Gasteiger partial charge in [-0.05, 0) is 25.8 Å². The highest BCUT2D eigenvalue weighted by Gasteiger charge is 2.19. The van der Waals surface area contributed by atoms with Gasteiger partial charge in [0.15, 0.2) is 0 Å². The van der Waals surface area contributed by atoms with Crippen LogP contribution >= 0.6 is 11.6 Å². The summed E-state index contributed by atoms with van der Waals surface area (Å²) in [7, 11) is 1.88. The molecule has 0 unspecified atom stereocenters. The Morgan fingerprint density at radius 3 is 2.57 bits per heavy atom. The summed E-state index contributed by atoms with van der Waals surface area (Å²) in [6.07, 6.45) is 3.79. The molecule has 0 saturated carbocycles. The van der Waals surface area contributed by atoms with Gasteiger partial charge in [0.1, 0.15) is 5.15 Å². The predicted octanol–water partition coefficient (Wildman–Crippen LogP) is 3.13. The van der Waals surface area contributed by atoms with Gasteiger partial charge in [0, 0.05) is 37.6 Å². The van der Waals surface area contributed by atoms with Gasteiger partial charge in [-0.1, -0.05) is 25.4 Å². The summed E-state index contributed by atoms with van der Waals surface area (Å²) >= 11 is 6.36. The molecule has 0 aliphatic heterocycles. The normalized spacial score (nSPS) is 14.6. The first kappa shape index (κ1) is 16.0. The van der Waals surface area contributed by atoms with Crippen LogP contribution in [0, 0.1) is 0 Å². The fourth-order valence-electron chi connectivity index (χ4n) is 2.38. The van der Waals surface area contributed by atoms with Gasteiger partial charge in [-0.2, -0.15) is 10.2 Å². The Balaban J connectivity index is 2.06. The lowest BCUT2D eigenvalue weighted by atomic mass is 10.1. The maximum atomic E-state index is 6.36. The third-order valence-corrected chi connectivity index (χ3v) is 4.39. The quantitative estimate of drug-likeness (QED) is 0.892. The van der Waals surface area contributed by atoms with Crippen molar-refractivity contribution >= 4 is 11.6 Å². The van der Waals surface area contributed by atoms with E-state index in [2.05, 4.69) is 43.2 Å². The SMILES string of the molecule is CC(C)c1nn(C)c(Cl)c1CN[C@@H](C)[C@H](C)n1cccn1. The van der Waals surface area contributed by atoms with Crippen molar-refractivity contribution in [1.29, 1.82) is 0 Å². The van der Waals surface area contributed by atoms with Crippen molar-refractivity contribution in [3.05, 3.63) is 34.9 Å². The van der Waals surface area contributed by atoms with Gasteiger partial charge in [0.05, 0.1) is 11.7 Å². The number of hydrogen-bond acceptors (Lipinski definition) is 3. The third kappa shape index (κ3) is 3.47. The van der Waals surface area contributed by atoms with Crippen LogP contribution in [0.1, 0.15) is 50.9 Å². The zero-order chi connectivity index (χ0) is 15.6. The van der Waals surface area contributed by atoms with Crippen molar-refractivity contribution in [3.8, 4) is 0 Å². The van der Waals surface area contributed by atoms with Crippen LogP contribution in [-0.4, -0.2) is 25.6 Å². The molecular formula is C15H24ClN5. The molecule has 0 aliphatic carbocycles. The molecule has 0 bridgehead atoms. The summed E-state index contributed by atoms with van der Waals surface area (Å²) in [5, 5.41) is 13.1. The van der Waals surface area contributed by atoms with Gasteiger partial charge in [-0.15, -0.1) is 0 Å². The average molecular weight is 310 g/mol. The van der Waals surface area contributed by atoms with E-state index in [-0.39, 0.29) is 12.1 Å². The highest BCUT2D eigenvalue weighted by atomic mass is 35.5. The van der Waals surface area contributed by atoms with Crippen LogP contribution in [-0.2, 0) is 13.6 Å². The molecule has 0 aromatic carbocycles. The predicted molar refractivity (Wildman–Crippen MR) is 85.5 cm³/mol. The highest BCUT2D eigenvalue weighted by molar-refractivity contribution is 6.30. The molecular weight excluding hydrogens is 286 g/mol. The zero-order valence-corrected chi connectivity index (χ0v) is 14.1. The van der Waals surface area contributed by atoms with Crippen LogP contribution in [0.25, 0.3) is 0 Å². The van der Waals surface area contributed by atoms with E-state index in [9.17, 15) is 0 Å². The molecule has 0 spiro atoms. The minimum atomic E-state index is 0.276. The van der Waals surface area contributed by atoms with Gasteiger partial charge in [0.25, 0.3) is 0 Å². The van der Waals surface area contributed by atoms with Crippen molar-refractivity contribution < 1.29 is 0 Å². The van der Waals surface area contributed by atoms with E-state index in [1.54, 1.807) is 10.9 Å². The van der Waals surface area contributed by atoms with Gasteiger partial charge in [-0.25, -0.2) is 0 Å². The van der Waals surface area contributed by atoms with Crippen molar-refractivity contribution in [3.63, 3.8) is 0 Å². The molecule has 2 rings (SSSR count). The van der Waals surface area contributed by atoms with Crippen molar-refractivity contribution in [2.75, 3.05) is 0 Å². The minimum absolute atomic E-state index is 0.276.